The number of hydrogen-bond donors (Lipinski definition) is 0. The van der Waals surface area contributed by atoms with Crippen molar-refractivity contribution in [3.63, 3.8) is 0 Å². The molecule has 8 heteroatoms. The van der Waals surface area contributed by atoms with Crippen LogP contribution < -0.4 is 9.64 Å². The Morgan fingerprint density at radius 3 is 2.71 bits per heavy atom. The topological polar surface area (TPSA) is 99.0 Å². The summed E-state index contributed by atoms with van der Waals surface area (Å²) >= 11 is 0. The van der Waals surface area contributed by atoms with Crippen LogP contribution in [0.5, 0.6) is 5.75 Å². The molecule has 2 fully saturated rings. The number of carbonyl (C=O) groups excluding carboxylic acids is 2. The summed E-state index contributed by atoms with van der Waals surface area (Å²) < 4.78 is 10.7. The standard InChI is InChI=1S/C16H14N2O6/c1-16-6-5-11(24-16)12-13(16)15(20)17(14(12)19)9-4-3-8(23-2)7-10(9)18(21)22/h3-7,11-13H,1-2H3/t11-,12+,13+,16-/m0/s1. The highest BCUT2D eigenvalue weighted by molar-refractivity contribution is 6.24. The molecule has 0 saturated carbocycles. The SMILES string of the molecule is COc1ccc(N2C(=O)[C@@H]3[C@@H]4C=C[C@](C)(O4)[C@H]3C2=O)c([N+](=O)[O-])c1. The van der Waals surface area contributed by atoms with Gasteiger partial charge in [-0.3, -0.25) is 19.7 Å². The van der Waals surface area contributed by atoms with E-state index in [1.165, 1.54) is 25.3 Å². The van der Waals surface area contributed by atoms with Gasteiger partial charge in [-0.05, 0) is 19.1 Å². The molecular formula is C16H14N2O6. The zero-order valence-corrected chi connectivity index (χ0v) is 13.0. The predicted molar refractivity (Wildman–Crippen MR) is 81.5 cm³/mol. The first kappa shape index (κ1) is 14.8. The number of imide groups is 1. The number of fused-ring (bicyclic) bond motifs is 5. The molecule has 1 aromatic rings. The van der Waals surface area contributed by atoms with Gasteiger partial charge in [0.25, 0.3) is 5.69 Å². The van der Waals surface area contributed by atoms with Crippen LogP contribution in [0.15, 0.2) is 30.4 Å². The second-order valence-corrected chi connectivity index (χ2v) is 6.25. The lowest BCUT2D eigenvalue weighted by Crippen LogP contribution is -2.38. The van der Waals surface area contributed by atoms with Gasteiger partial charge in [0.15, 0.2) is 0 Å². The Morgan fingerprint density at radius 1 is 1.33 bits per heavy atom. The Balaban J connectivity index is 1.81. The summed E-state index contributed by atoms with van der Waals surface area (Å²) in [5, 5.41) is 11.4. The molecule has 4 rings (SSSR count). The Morgan fingerprint density at radius 2 is 2.08 bits per heavy atom. The number of nitro benzene ring substituents is 1. The van der Waals surface area contributed by atoms with Crippen molar-refractivity contribution in [2.24, 2.45) is 11.8 Å². The van der Waals surface area contributed by atoms with Gasteiger partial charge in [0.1, 0.15) is 11.4 Å². The summed E-state index contributed by atoms with van der Waals surface area (Å²) in [4.78, 5) is 37.3. The number of benzene rings is 1. The Labute approximate surface area is 136 Å². The normalized spacial score (nSPS) is 33.2. The average molecular weight is 330 g/mol. The molecule has 124 valence electrons. The third kappa shape index (κ3) is 1.71. The third-order valence-electron chi connectivity index (χ3n) is 4.95. The van der Waals surface area contributed by atoms with E-state index in [0.717, 1.165) is 4.90 Å². The number of methoxy groups -OCH3 is 1. The largest absolute Gasteiger partial charge is 0.496 e. The number of carbonyl (C=O) groups is 2. The Hall–Kier alpha value is -2.74. The van der Waals surface area contributed by atoms with Gasteiger partial charge in [-0.15, -0.1) is 0 Å². The van der Waals surface area contributed by atoms with Gasteiger partial charge in [-0.2, -0.15) is 0 Å². The fourth-order valence-corrected chi connectivity index (χ4v) is 3.86. The zero-order chi connectivity index (χ0) is 17.2. The lowest BCUT2D eigenvalue weighted by atomic mass is 9.78. The maximum Gasteiger partial charge on any atom is 0.297 e. The summed E-state index contributed by atoms with van der Waals surface area (Å²) in [6, 6.07) is 4.06. The van der Waals surface area contributed by atoms with E-state index in [0.29, 0.717) is 0 Å². The summed E-state index contributed by atoms with van der Waals surface area (Å²) in [6.45, 7) is 1.76. The number of anilines is 1. The Bertz CT molecular complexity index is 819. The molecule has 0 spiro atoms. The average Bonchev–Trinajstić information content (AvgIpc) is 3.16. The van der Waals surface area contributed by atoms with E-state index in [-0.39, 0.29) is 17.1 Å². The molecule has 2 amide bonds. The fraction of sp³-hybridized carbons (Fsp3) is 0.375. The van der Waals surface area contributed by atoms with Crippen molar-refractivity contribution in [1.29, 1.82) is 0 Å². The summed E-state index contributed by atoms with van der Waals surface area (Å²) in [5.41, 5.74) is -1.21. The minimum Gasteiger partial charge on any atom is -0.496 e. The van der Waals surface area contributed by atoms with Crippen LogP contribution >= 0.6 is 0 Å². The van der Waals surface area contributed by atoms with Crippen LogP contribution in [0.4, 0.5) is 11.4 Å². The van der Waals surface area contributed by atoms with Crippen LogP contribution in [-0.2, 0) is 14.3 Å². The van der Waals surface area contributed by atoms with Gasteiger partial charge in [-0.25, -0.2) is 4.90 Å². The first-order valence-corrected chi connectivity index (χ1v) is 7.45. The highest BCUT2D eigenvalue weighted by Crippen LogP contribution is 2.53. The van der Waals surface area contributed by atoms with E-state index in [9.17, 15) is 19.7 Å². The maximum atomic E-state index is 12.9. The minimum absolute atomic E-state index is 0.0341. The second-order valence-electron chi connectivity index (χ2n) is 6.25. The number of amides is 2. The van der Waals surface area contributed by atoms with Crippen LogP contribution in [0.3, 0.4) is 0 Å². The van der Waals surface area contributed by atoms with E-state index in [2.05, 4.69) is 0 Å². The molecule has 8 nitrogen and oxygen atoms in total. The summed E-state index contributed by atoms with van der Waals surface area (Å²) in [7, 11) is 1.39. The lowest BCUT2D eigenvalue weighted by molar-refractivity contribution is -0.384. The van der Waals surface area contributed by atoms with Gasteiger partial charge < -0.3 is 9.47 Å². The molecule has 2 bridgehead atoms. The van der Waals surface area contributed by atoms with Crippen molar-refractivity contribution in [3.05, 3.63) is 40.5 Å². The quantitative estimate of drug-likeness (QED) is 0.360. The number of hydrogen-bond acceptors (Lipinski definition) is 6. The molecule has 4 atom stereocenters. The molecule has 0 aliphatic carbocycles. The van der Waals surface area contributed by atoms with Crippen LogP contribution in [0.25, 0.3) is 0 Å². The van der Waals surface area contributed by atoms with E-state index < -0.39 is 40.3 Å². The van der Waals surface area contributed by atoms with E-state index in [1.54, 1.807) is 19.1 Å². The van der Waals surface area contributed by atoms with Crippen molar-refractivity contribution in [1.82, 2.24) is 0 Å². The number of nitrogens with zero attached hydrogens (tertiary/aromatic N) is 2. The molecule has 3 aliphatic heterocycles. The van der Waals surface area contributed by atoms with E-state index >= 15 is 0 Å². The minimum atomic E-state index is -0.835. The number of rotatable bonds is 3. The smallest absolute Gasteiger partial charge is 0.297 e. The maximum absolute atomic E-state index is 12.9. The predicted octanol–water partition coefficient (Wildman–Crippen LogP) is 1.44. The Kier molecular flexibility index (Phi) is 2.86. The third-order valence-corrected chi connectivity index (χ3v) is 4.95. The van der Waals surface area contributed by atoms with E-state index in [4.69, 9.17) is 9.47 Å². The highest BCUT2D eigenvalue weighted by atomic mass is 16.6. The molecule has 2 saturated heterocycles. The van der Waals surface area contributed by atoms with Crippen molar-refractivity contribution in [2.45, 2.75) is 18.6 Å². The van der Waals surface area contributed by atoms with Gasteiger partial charge in [-0.1, -0.05) is 12.2 Å². The highest BCUT2D eigenvalue weighted by Gasteiger charge is 2.66. The number of nitro groups is 1. The summed E-state index contributed by atoms with van der Waals surface area (Å²) in [5.74, 6) is -1.93. The molecule has 0 N–H and O–H groups in total. The zero-order valence-electron chi connectivity index (χ0n) is 13.0. The lowest BCUT2D eigenvalue weighted by Gasteiger charge is -2.24. The van der Waals surface area contributed by atoms with E-state index in [1.807, 2.05) is 0 Å². The van der Waals surface area contributed by atoms with Gasteiger partial charge >= 0.3 is 0 Å². The monoisotopic (exact) mass is 330 g/mol. The van der Waals surface area contributed by atoms with Crippen molar-refractivity contribution in [2.75, 3.05) is 12.0 Å². The molecule has 3 heterocycles. The van der Waals surface area contributed by atoms with Crippen LogP contribution in [0.1, 0.15) is 6.92 Å². The van der Waals surface area contributed by atoms with Crippen molar-refractivity contribution in [3.8, 4) is 5.75 Å². The first-order valence-electron chi connectivity index (χ1n) is 7.45. The molecule has 0 unspecified atom stereocenters. The number of ether oxygens (including phenoxy) is 2. The van der Waals surface area contributed by atoms with Crippen molar-refractivity contribution < 1.29 is 24.0 Å². The molecule has 1 aromatic carbocycles. The molecule has 24 heavy (non-hydrogen) atoms. The molecule has 0 radical (unpaired) electrons. The molecule has 0 aromatic heterocycles. The van der Waals surface area contributed by atoms with Crippen LogP contribution in [0.2, 0.25) is 0 Å². The van der Waals surface area contributed by atoms with Gasteiger partial charge in [0, 0.05) is 0 Å². The van der Waals surface area contributed by atoms with Gasteiger partial charge in [0.2, 0.25) is 11.8 Å². The summed E-state index contributed by atoms with van der Waals surface area (Å²) in [6.07, 6.45) is 3.10. The second kappa shape index (κ2) is 4.64. The van der Waals surface area contributed by atoms with Crippen molar-refractivity contribution >= 4 is 23.2 Å². The first-order chi connectivity index (χ1) is 11.4. The molecular weight excluding hydrogens is 316 g/mol. The fourth-order valence-electron chi connectivity index (χ4n) is 3.86. The van der Waals surface area contributed by atoms with Crippen LogP contribution in [0, 0.1) is 22.0 Å². The molecule has 3 aliphatic rings. The van der Waals surface area contributed by atoms with Gasteiger partial charge in [0.05, 0.1) is 41.6 Å². The van der Waals surface area contributed by atoms with Crippen LogP contribution in [-0.4, -0.2) is 35.6 Å².